The fraction of sp³-hybridized carbons (Fsp3) is 0.462. The minimum Gasteiger partial charge on any atom is -0.483 e. The number of carbonyl (C=O) groups excluding carboxylic acids is 1. The van der Waals surface area contributed by atoms with Crippen LogP contribution >= 0.6 is 0 Å². The first-order valence-electron chi connectivity index (χ1n) is 5.79. The van der Waals surface area contributed by atoms with E-state index in [-0.39, 0.29) is 11.5 Å². The Balaban J connectivity index is 2.02. The van der Waals surface area contributed by atoms with Crippen LogP contribution < -0.4 is 4.74 Å². The van der Waals surface area contributed by atoms with Crippen molar-refractivity contribution in [1.29, 1.82) is 0 Å². The molecule has 90 valence electrons. The van der Waals surface area contributed by atoms with E-state index in [1.165, 1.54) is 12.1 Å². The third kappa shape index (κ3) is 1.72. The van der Waals surface area contributed by atoms with Gasteiger partial charge < -0.3 is 9.47 Å². The molecule has 1 aromatic carbocycles. The number of carbonyl (C=O) groups is 1. The number of halogens is 1. The predicted octanol–water partition coefficient (Wildman–Crippen LogP) is 2.34. The first-order valence-corrected chi connectivity index (χ1v) is 5.79. The Kier molecular flexibility index (Phi) is 2.40. The zero-order chi connectivity index (χ0) is 11.9. The lowest BCUT2D eigenvalue weighted by atomic mass is 9.84. The predicted molar refractivity (Wildman–Crippen MR) is 58.8 cm³/mol. The van der Waals surface area contributed by atoms with Crippen LogP contribution in [0.3, 0.4) is 0 Å². The first kappa shape index (κ1) is 10.7. The minimum atomic E-state index is -0.551. The van der Waals surface area contributed by atoms with Crippen molar-refractivity contribution in [2.45, 2.75) is 24.9 Å². The molecule has 1 fully saturated rings. The third-order valence-corrected chi connectivity index (χ3v) is 3.47. The van der Waals surface area contributed by atoms with Gasteiger partial charge in [-0.15, -0.1) is 0 Å². The molecule has 0 bridgehead atoms. The molecule has 0 amide bonds. The molecule has 2 aliphatic heterocycles. The standard InChI is InChI=1S/C13H13FO3/c14-10-3-1-2-9-11(15)8-13(17-12(9)10)4-6-16-7-5-13/h1-3H,4-8H2. The number of rotatable bonds is 0. The first-order chi connectivity index (χ1) is 8.20. The van der Waals surface area contributed by atoms with Gasteiger partial charge in [-0.25, -0.2) is 4.39 Å². The van der Waals surface area contributed by atoms with E-state index in [0.717, 1.165) is 0 Å². The van der Waals surface area contributed by atoms with Crippen LogP contribution in [0.5, 0.6) is 5.75 Å². The van der Waals surface area contributed by atoms with Crippen molar-refractivity contribution in [2.75, 3.05) is 13.2 Å². The van der Waals surface area contributed by atoms with Gasteiger partial charge >= 0.3 is 0 Å². The highest BCUT2D eigenvalue weighted by Crippen LogP contribution is 2.39. The quantitative estimate of drug-likeness (QED) is 0.693. The van der Waals surface area contributed by atoms with Crippen molar-refractivity contribution in [3.05, 3.63) is 29.6 Å². The summed E-state index contributed by atoms with van der Waals surface area (Å²) in [6.07, 6.45) is 1.62. The number of para-hydroxylation sites is 1. The minimum absolute atomic E-state index is 0.0346. The largest absolute Gasteiger partial charge is 0.483 e. The van der Waals surface area contributed by atoms with Gasteiger partial charge in [-0.2, -0.15) is 0 Å². The molecule has 0 aliphatic carbocycles. The van der Waals surface area contributed by atoms with Crippen molar-refractivity contribution in [3.63, 3.8) is 0 Å². The van der Waals surface area contributed by atoms with Crippen molar-refractivity contribution in [1.82, 2.24) is 0 Å². The summed E-state index contributed by atoms with van der Waals surface area (Å²) in [4.78, 5) is 12.0. The second-order valence-corrected chi connectivity index (χ2v) is 4.61. The molecule has 4 heteroatoms. The lowest BCUT2D eigenvalue weighted by Crippen LogP contribution is -2.46. The molecule has 3 nitrogen and oxygen atoms in total. The summed E-state index contributed by atoms with van der Waals surface area (Å²) in [6, 6.07) is 4.48. The van der Waals surface area contributed by atoms with Gasteiger partial charge in [0, 0.05) is 12.8 Å². The van der Waals surface area contributed by atoms with E-state index in [2.05, 4.69) is 0 Å². The van der Waals surface area contributed by atoms with E-state index in [4.69, 9.17) is 9.47 Å². The molecule has 3 rings (SSSR count). The Morgan fingerprint density at radius 3 is 2.76 bits per heavy atom. The van der Waals surface area contributed by atoms with Crippen molar-refractivity contribution in [2.24, 2.45) is 0 Å². The van der Waals surface area contributed by atoms with Gasteiger partial charge in [-0.3, -0.25) is 4.79 Å². The van der Waals surface area contributed by atoms with Crippen LogP contribution in [0.1, 0.15) is 29.6 Å². The number of ketones is 1. The Bertz CT molecular complexity index is 464. The molecule has 17 heavy (non-hydrogen) atoms. The fourth-order valence-corrected chi connectivity index (χ4v) is 2.49. The van der Waals surface area contributed by atoms with Crippen LogP contribution in [-0.4, -0.2) is 24.6 Å². The van der Waals surface area contributed by atoms with Crippen LogP contribution in [0.15, 0.2) is 18.2 Å². The molecule has 1 spiro atoms. The molecule has 0 aromatic heterocycles. The highest BCUT2D eigenvalue weighted by molar-refractivity contribution is 6.00. The van der Waals surface area contributed by atoms with Gasteiger partial charge in [-0.1, -0.05) is 6.07 Å². The summed E-state index contributed by atoms with van der Waals surface area (Å²) in [5.74, 6) is -0.375. The second kappa shape index (κ2) is 3.81. The zero-order valence-electron chi connectivity index (χ0n) is 9.37. The van der Waals surface area contributed by atoms with Crippen molar-refractivity contribution >= 4 is 5.78 Å². The average molecular weight is 236 g/mol. The number of Topliss-reactive ketones (excluding diaryl/α,β-unsaturated/α-hetero) is 1. The number of benzene rings is 1. The molecular formula is C13H13FO3. The molecule has 0 N–H and O–H groups in total. The van der Waals surface area contributed by atoms with Crippen molar-refractivity contribution in [3.8, 4) is 5.75 Å². The summed E-state index contributed by atoms with van der Waals surface area (Å²) in [5.41, 5.74) is -0.188. The number of fused-ring (bicyclic) bond motifs is 1. The summed E-state index contributed by atoms with van der Waals surface area (Å²) in [6.45, 7) is 1.13. The highest BCUT2D eigenvalue weighted by Gasteiger charge is 2.42. The normalized spacial score (nSPS) is 22.1. The lowest BCUT2D eigenvalue weighted by Gasteiger charge is -2.40. The highest BCUT2D eigenvalue weighted by atomic mass is 19.1. The zero-order valence-corrected chi connectivity index (χ0v) is 9.37. The van der Waals surface area contributed by atoms with Gasteiger partial charge in [0.15, 0.2) is 17.3 Å². The smallest absolute Gasteiger partial charge is 0.170 e. The van der Waals surface area contributed by atoms with Crippen LogP contribution in [0.4, 0.5) is 4.39 Å². The van der Waals surface area contributed by atoms with Crippen LogP contribution in [0, 0.1) is 5.82 Å². The molecule has 2 heterocycles. The molecule has 1 aromatic rings. The van der Waals surface area contributed by atoms with Crippen LogP contribution in [0.25, 0.3) is 0 Å². The molecule has 0 radical (unpaired) electrons. The molecular weight excluding hydrogens is 223 g/mol. The van der Waals surface area contributed by atoms with E-state index in [1.54, 1.807) is 6.07 Å². The van der Waals surface area contributed by atoms with E-state index in [1.807, 2.05) is 0 Å². The Labute approximate surface area is 98.5 Å². The summed E-state index contributed by atoms with van der Waals surface area (Å²) in [5, 5.41) is 0. The monoisotopic (exact) mass is 236 g/mol. The average Bonchev–Trinajstić information content (AvgIpc) is 2.32. The van der Waals surface area contributed by atoms with E-state index in [9.17, 15) is 9.18 Å². The van der Waals surface area contributed by atoms with Crippen LogP contribution in [-0.2, 0) is 4.74 Å². The molecule has 0 unspecified atom stereocenters. The number of hydrogen-bond donors (Lipinski definition) is 0. The van der Waals surface area contributed by atoms with Gasteiger partial charge in [0.1, 0.15) is 5.60 Å². The van der Waals surface area contributed by atoms with E-state index < -0.39 is 11.4 Å². The van der Waals surface area contributed by atoms with Gasteiger partial charge in [0.25, 0.3) is 0 Å². The Morgan fingerprint density at radius 2 is 2.00 bits per heavy atom. The maximum atomic E-state index is 13.7. The second-order valence-electron chi connectivity index (χ2n) is 4.61. The molecule has 0 saturated carbocycles. The Morgan fingerprint density at radius 1 is 1.24 bits per heavy atom. The molecule has 2 aliphatic rings. The van der Waals surface area contributed by atoms with Gasteiger partial charge in [0.05, 0.1) is 25.2 Å². The molecule has 1 saturated heterocycles. The third-order valence-electron chi connectivity index (χ3n) is 3.47. The molecule has 0 atom stereocenters. The summed E-state index contributed by atoms with van der Waals surface area (Å²) < 4.78 is 24.7. The van der Waals surface area contributed by atoms with Gasteiger partial charge in [0.2, 0.25) is 0 Å². The maximum Gasteiger partial charge on any atom is 0.170 e. The van der Waals surface area contributed by atoms with Crippen LogP contribution in [0.2, 0.25) is 0 Å². The fourth-order valence-electron chi connectivity index (χ4n) is 2.49. The summed E-state index contributed by atoms with van der Waals surface area (Å²) in [7, 11) is 0. The summed E-state index contributed by atoms with van der Waals surface area (Å²) >= 11 is 0. The number of ether oxygens (including phenoxy) is 2. The number of hydrogen-bond acceptors (Lipinski definition) is 3. The maximum absolute atomic E-state index is 13.7. The topological polar surface area (TPSA) is 35.5 Å². The van der Waals surface area contributed by atoms with E-state index in [0.29, 0.717) is 38.0 Å². The van der Waals surface area contributed by atoms with Gasteiger partial charge in [-0.05, 0) is 12.1 Å². The SMILES string of the molecule is O=C1CC2(CCOCC2)Oc2c(F)cccc21. The Hall–Kier alpha value is -1.42. The van der Waals surface area contributed by atoms with Crippen molar-refractivity contribution < 1.29 is 18.7 Å². The van der Waals surface area contributed by atoms with E-state index >= 15 is 0 Å². The lowest BCUT2D eigenvalue weighted by molar-refractivity contribution is -0.0522.